The second-order valence-corrected chi connectivity index (χ2v) is 10.2. The number of aromatic nitrogens is 4. The molecule has 9 nitrogen and oxygen atoms in total. The van der Waals surface area contributed by atoms with Gasteiger partial charge in [0.2, 0.25) is 0 Å². The van der Waals surface area contributed by atoms with Crippen LogP contribution in [0.4, 0.5) is 0 Å². The fourth-order valence-corrected chi connectivity index (χ4v) is 5.52. The lowest BCUT2D eigenvalue weighted by Crippen LogP contribution is -2.64. The van der Waals surface area contributed by atoms with E-state index >= 15 is 0 Å². The van der Waals surface area contributed by atoms with Gasteiger partial charge in [0.05, 0.1) is 0 Å². The van der Waals surface area contributed by atoms with Gasteiger partial charge in [-0.25, -0.2) is 4.68 Å². The van der Waals surface area contributed by atoms with Crippen LogP contribution < -0.4 is 5.32 Å². The molecule has 1 aliphatic heterocycles. The minimum absolute atomic E-state index is 0.0672. The van der Waals surface area contributed by atoms with Gasteiger partial charge in [-0.2, -0.15) is 0 Å². The Morgan fingerprint density at radius 1 is 1.08 bits per heavy atom. The number of hydrogen-bond donors (Lipinski definition) is 3. The molecular formula is C29H32N6O3. The zero-order valence-electron chi connectivity index (χ0n) is 21.5. The number of phenols is 1. The molecule has 0 bridgehead atoms. The molecule has 2 unspecified atom stereocenters. The molecule has 3 atom stereocenters. The molecule has 0 spiro atoms. The Kier molecular flexibility index (Phi) is 7.22. The number of carbonyl (C=O) groups is 1. The highest BCUT2D eigenvalue weighted by Gasteiger charge is 2.44. The molecular weight excluding hydrogens is 480 g/mol. The fourth-order valence-electron chi connectivity index (χ4n) is 5.52. The van der Waals surface area contributed by atoms with E-state index < -0.39 is 5.97 Å². The zero-order valence-corrected chi connectivity index (χ0v) is 21.5. The average molecular weight is 513 g/mol. The first kappa shape index (κ1) is 25.6. The first-order chi connectivity index (χ1) is 18.3. The van der Waals surface area contributed by atoms with Crippen molar-refractivity contribution < 1.29 is 15.0 Å². The van der Waals surface area contributed by atoms with E-state index in [0.717, 1.165) is 36.3 Å². The van der Waals surface area contributed by atoms with Gasteiger partial charge in [0, 0.05) is 42.7 Å². The van der Waals surface area contributed by atoms with Crippen molar-refractivity contribution >= 4 is 5.97 Å². The number of tetrazole rings is 1. The van der Waals surface area contributed by atoms with E-state index in [1.54, 1.807) is 6.07 Å². The third-order valence-corrected chi connectivity index (χ3v) is 7.39. The lowest BCUT2D eigenvalue weighted by Gasteiger charge is -2.52. The lowest BCUT2D eigenvalue weighted by molar-refractivity contribution is -0.137. The summed E-state index contributed by atoms with van der Waals surface area (Å²) in [5.41, 5.74) is 3.76. The number of aliphatic carboxylic acids is 1. The van der Waals surface area contributed by atoms with E-state index in [2.05, 4.69) is 69.9 Å². The molecule has 0 radical (unpaired) electrons. The molecule has 0 amide bonds. The van der Waals surface area contributed by atoms with Gasteiger partial charge in [0.1, 0.15) is 12.3 Å². The van der Waals surface area contributed by atoms with E-state index in [1.165, 1.54) is 10.2 Å². The molecule has 1 aromatic heterocycles. The summed E-state index contributed by atoms with van der Waals surface area (Å²) in [4.78, 5) is 13.8. The average Bonchev–Trinajstić information content (AvgIpc) is 3.35. The number of carboxylic acids is 1. The second-order valence-electron chi connectivity index (χ2n) is 10.2. The minimum atomic E-state index is -1.01. The van der Waals surface area contributed by atoms with Crippen LogP contribution in [0.15, 0.2) is 78.9 Å². The predicted octanol–water partition coefficient (Wildman–Crippen LogP) is 3.51. The summed E-state index contributed by atoms with van der Waals surface area (Å²) in [7, 11) is 0. The standard InChI is InChI=1S/C29H32N6O3/c1-20-16-34(17-21-7-4-3-5-8-21)29(2,19-30-20)27(24-9-6-10-25(36)15-24)22-11-13-23(14-12-22)28-31-32-33-35(28)18-26(37)38/h3-15,20,27,30,36H,16-19H2,1-2H3,(H,37,38)/t20?,27-,29?/m1/s1. The van der Waals surface area contributed by atoms with Gasteiger partial charge in [-0.05, 0) is 53.1 Å². The normalized spacial score (nSPS) is 20.7. The Hall–Kier alpha value is -4.08. The van der Waals surface area contributed by atoms with Gasteiger partial charge in [-0.3, -0.25) is 9.69 Å². The maximum atomic E-state index is 11.2. The van der Waals surface area contributed by atoms with E-state index in [4.69, 9.17) is 0 Å². The van der Waals surface area contributed by atoms with Crippen molar-refractivity contribution in [3.63, 3.8) is 0 Å². The van der Waals surface area contributed by atoms with Crippen LogP contribution in [0.3, 0.4) is 0 Å². The number of benzene rings is 3. The largest absolute Gasteiger partial charge is 0.508 e. The third kappa shape index (κ3) is 5.29. The number of hydrogen-bond acceptors (Lipinski definition) is 7. The number of aromatic hydroxyl groups is 1. The summed E-state index contributed by atoms with van der Waals surface area (Å²) in [6.45, 7) is 6.62. The van der Waals surface area contributed by atoms with Gasteiger partial charge >= 0.3 is 5.97 Å². The Bertz CT molecular complexity index is 1390. The van der Waals surface area contributed by atoms with Crippen molar-refractivity contribution in [3.05, 3.63) is 95.6 Å². The summed E-state index contributed by atoms with van der Waals surface area (Å²) < 4.78 is 1.28. The molecule has 5 rings (SSSR count). The number of nitrogens with zero attached hydrogens (tertiary/aromatic N) is 5. The quantitative estimate of drug-likeness (QED) is 0.328. The molecule has 3 N–H and O–H groups in total. The van der Waals surface area contributed by atoms with Crippen LogP contribution in [0.1, 0.15) is 36.5 Å². The van der Waals surface area contributed by atoms with Crippen LogP contribution >= 0.6 is 0 Å². The van der Waals surface area contributed by atoms with Gasteiger partial charge in [0.25, 0.3) is 0 Å². The summed E-state index contributed by atoms with van der Waals surface area (Å²) >= 11 is 0. The molecule has 9 heteroatoms. The Morgan fingerprint density at radius 2 is 1.84 bits per heavy atom. The van der Waals surface area contributed by atoms with Crippen LogP contribution in [0, 0.1) is 0 Å². The summed E-state index contributed by atoms with van der Waals surface area (Å²) in [6.07, 6.45) is 0. The lowest BCUT2D eigenvalue weighted by atomic mass is 9.73. The number of nitrogens with one attached hydrogen (secondary N) is 1. The summed E-state index contributed by atoms with van der Waals surface area (Å²) in [6, 6.07) is 26.3. The van der Waals surface area contributed by atoms with E-state index in [1.807, 2.05) is 42.5 Å². The van der Waals surface area contributed by atoms with E-state index in [9.17, 15) is 15.0 Å². The van der Waals surface area contributed by atoms with E-state index in [0.29, 0.717) is 11.9 Å². The Morgan fingerprint density at radius 3 is 2.55 bits per heavy atom. The highest BCUT2D eigenvalue weighted by Crippen LogP contribution is 2.42. The van der Waals surface area contributed by atoms with Gasteiger partial charge < -0.3 is 15.5 Å². The molecule has 1 saturated heterocycles. The molecule has 196 valence electrons. The van der Waals surface area contributed by atoms with Crippen LogP contribution in [0.2, 0.25) is 0 Å². The zero-order chi connectivity index (χ0) is 26.7. The molecule has 4 aromatic rings. The van der Waals surface area contributed by atoms with Gasteiger partial charge in [-0.1, -0.05) is 66.7 Å². The van der Waals surface area contributed by atoms with Crippen molar-refractivity contribution in [2.45, 2.75) is 44.4 Å². The maximum Gasteiger partial charge on any atom is 0.325 e. The van der Waals surface area contributed by atoms with Gasteiger partial charge in [0.15, 0.2) is 5.82 Å². The fraction of sp³-hybridized carbons (Fsp3) is 0.310. The highest BCUT2D eigenvalue weighted by atomic mass is 16.4. The molecule has 38 heavy (non-hydrogen) atoms. The molecule has 0 aliphatic carbocycles. The third-order valence-electron chi connectivity index (χ3n) is 7.39. The highest BCUT2D eigenvalue weighted by molar-refractivity contribution is 5.67. The number of phenolic OH excluding ortho intramolecular Hbond substituents is 1. The Balaban J connectivity index is 1.56. The molecule has 1 aliphatic rings. The second kappa shape index (κ2) is 10.7. The topological polar surface area (TPSA) is 116 Å². The van der Waals surface area contributed by atoms with Crippen molar-refractivity contribution in [2.75, 3.05) is 13.1 Å². The number of piperazine rings is 1. The molecule has 2 heterocycles. The smallest absolute Gasteiger partial charge is 0.325 e. The maximum absolute atomic E-state index is 11.2. The van der Waals surface area contributed by atoms with Gasteiger partial charge in [-0.15, -0.1) is 5.10 Å². The summed E-state index contributed by atoms with van der Waals surface area (Å²) in [5, 5.41) is 34.8. The number of carboxylic acid groups (broad SMARTS) is 1. The van der Waals surface area contributed by atoms with Crippen molar-refractivity contribution in [1.29, 1.82) is 0 Å². The molecule has 1 fully saturated rings. The van der Waals surface area contributed by atoms with Crippen LogP contribution in [0.25, 0.3) is 11.4 Å². The van der Waals surface area contributed by atoms with E-state index in [-0.39, 0.29) is 23.8 Å². The van der Waals surface area contributed by atoms with Crippen molar-refractivity contribution in [3.8, 4) is 17.1 Å². The van der Waals surface area contributed by atoms with Crippen LogP contribution in [-0.2, 0) is 17.9 Å². The molecule has 3 aromatic carbocycles. The van der Waals surface area contributed by atoms with Crippen LogP contribution in [-0.4, -0.2) is 66.0 Å². The molecule has 0 saturated carbocycles. The van der Waals surface area contributed by atoms with Crippen molar-refractivity contribution in [1.82, 2.24) is 30.4 Å². The predicted molar refractivity (Wildman–Crippen MR) is 144 cm³/mol. The first-order valence-electron chi connectivity index (χ1n) is 12.7. The SMILES string of the molecule is CC1CN(Cc2ccccc2)C(C)([C@H](c2ccc(-c3nnnn3CC(=O)O)cc2)c2cccc(O)c2)CN1. The Labute approximate surface area is 221 Å². The van der Waals surface area contributed by atoms with Crippen LogP contribution in [0.5, 0.6) is 5.75 Å². The summed E-state index contributed by atoms with van der Waals surface area (Å²) in [5.74, 6) is -0.447. The monoisotopic (exact) mass is 512 g/mol. The first-order valence-corrected chi connectivity index (χ1v) is 12.7. The minimum Gasteiger partial charge on any atom is -0.508 e. The van der Waals surface area contributed by atoms with Crippen molar-refractivity contribution in [2.24, 2.45) is 0 Å². The number of rotatable bonds is 8.